The number of amides is 2. The van der Waals surface area contributed by atoms with E-state index in [9.17, 15) is 13.2 Å². The standard InChI is InChI=1S/C32H32N6O3S2/c1-43(40,41)37-28-17-15-26(16-18-28)30-34-31(36-42-30)35-32(39)38(22-19-27-14-8-9-21-33-27)23-20-29(24-10-4-2-5-11-24)25-12-6-3-7-13-25/h2-18,21,29,37H,19-20,22-23H2,1H3,(H,35,36,39). The number of nitrogens with zero attached hydrogens (tertiary/aromatic N) is 4. The maximum absolute atomic E-state index is 13.6. The highest BCUT2D eigenvalue weighted by molar-refractivity contribution is 7.92. The Morgan fingerprint density at radius 2 is 1.51 bits per heavy atom. The van der Waals surface area contributed by atoms with Gasteiger partial charge in [0.05, 0.1) is 6.26 Å². The molecule has 9 nitrogen and oxygen atoms in total. The Kier molecular flexibility index (Phi) is 9.75. The smallest absolute Gasteiger partial charge is 0.324 e. The van der Waals surface area contributed by atoms with Gasteiger partial charge in [-0.15, -0.1) is 0 Å². The summed E-state index contributed by atoms with van der Waals surface area (Å²) < 4.78 is 29.8. The second-order valence-electron chi connectivity index (χ2n) is 10.0. The molecule has 2 N–H and O–H groups in total. The minimum absolute atomic E-state index is 0.122. The van der Waals surface area contributed by atoms with Crippen LogP contribution in [-0.4, -0.2) is 53.0 Å². The first-order chi connectivity index (χ1) is 20.8. The molecule has 0 saturated carbocycles. The van der Waals surface area contributed by atoms with E-state index < -0.39 is 10.0 Å². The third-order valence-electron chi connectivity index (χ3n) is 6.82. The van der Waals surface area contributed by atoms with Gasteiger partial charge in [-0.3, -0.25) is 15.0 Å². The van der Waals surface area contributed by atoms with Crippen molar-refractivity contribution in [3.63, 3.8) is 0 Å². The zero-order chi connectivity index (χ0) is 30.1. The highest BCUT2D eigenvalue weighted by atomic mass is 32.2. The largest absolute Gasteiger partial charge is 0.324 e. The van der Waals surface area contributed by atoms with E-state index in [0.717, 1.165) is 35.5 Å². The Hall–Kier alpha value is -4.61. The first-order valence-electron chi connectivity index (χ1n) is 13.8. The lowest BCUT2D eigenvalue weighted by Crippen LogP contribution is -2.38. The maximum atomic E-state index is 13.6. The second-order valence-corrected chi connectivity index (χ2v) is 12.5. The predicted molar refractivity (Wildman–Crippen MR) is 172 cm³/mol. The lowest BCUT2D eigenvalue weighted by molar-refractivity contribution is 0.210. The van der Waals surface area contributed by atoms with Crippen LogP contribution in [0, 0.1) is 0 Å². The molecule has 220 valence electrons. The van der Waals surface area contributed by atoms with E-state index in [1.807, 2.05) is 54.6 Å². The Bertz CT molecular complexity index is 1680. The third-order valence-corrected chi connectivity index (χ3v) is 8.19. The average Bonchev–Trinajstić information content (AvgIpc) is 3.48. The summed E-state index contributed by atoms with van der Waals surface area (Å²) in [6.45, 7) is 0.990. The lowest BCUT2D eigenvalue weighted by atomic mass is 9.88. The highest BCUT2D eigenvalue weighted by Gasteiger charge is 2.21. The molecule has 5 aromatic rings. The Labute approximate surface area is 255 Å². The molecule has 0 radical (unpaired) electrons. The van der Waals surface area contributed by atoms with Gasteiger partial charge < -0.3 is 4.90 Å². The van der Waals surface area contributed by atoms with Gasteiger partial charge in [0.15, 0.2) is 0 Å². The van der Waals surface area contributed by atoms with Crippen LogP contribution in [0.5, 0.6) is 0 Å². The van der Waals surface area contributed by atoms with E-state index in [0.29, 0.717) is 30.2 Å². The van der Waals surface area contributed by atoms with E-state index in [4.69, 9.17) is 0 Å². The van der Waals surface area contributed by atoms with Gasteiger partial charge in [-0.05, 0) is 65.5 Å². The fraction of sp³-hybridized carbons (Fsp3) is 0.188. The van der Waals surface area contributed by atoms with E-state index in [1.54, 1.807) is 35.4 Å². The molecule has 11 heteroatoms. The van der Waals surface area contributed by atoms with Gasteiger partial charge in [-0.2, -0.15) is 9.36 Å². The summed E-state index contributed by atoms with van der Waals surface area (Å²) in [6, 6.07) is 33.0. The number of aromatic nitrogens is 3. The maximum Gasteiger partial charge on any atom is 0.324 e. The first-order valence-corrected chi connectivity index (χ1v) is 16.5. The minimum atomic E-state index is -3.37. The van der Waals surface area contributed by atoms with E-state index >= 15 is 0 Å². The molecule has 0 aliphatic carbocycles. The van der Waals surface area contributed by atoms with Crippen LogP contribution >= 0.6 is 11.5 Å². The Morgan fingerprint density at radius 3 is 2.12 bits per heavy atom. The number of benzene rings is 3. The van der Waals surface area contributed by atoms with Crippen LogP contribution < -0.4 is 10.0 Å². The quantitative estimate of drug-likeness (QED) is 0.172. The molecule has 3 aromatic carbocycles. The number of rotatable bonds is 12. The lowest BCUT2D eigenvalue weighted by Gasteiger charge is -2.26. The van der Waals surface area contributed by atoms with Gasteiger partial charge in [-0.1, -0.05) is 66.7 Å². The summed E-state index contributed by atoms with van der Waals surface area (Å²) in [5, 5.41) is 3.48. The van der Waals surface area contributed by atoms with Crippen molar-refractivity contribution in [1.29, 1.82) is 0 Å². The van der Waals surface area contributed by atoms with Crippen LogP contribution in [0.3, 0.4) is 0 Å². The second kappa shape index (κ2) is 14.0. The van der Waals surface area contributed by atoms with Crippen LogP contribution in [0.15, 0.2) is 109 Å². The van der Waals surface area contributed by atoms with Gasteiger partial charge >= 0.3 is 6.03 Å². The number of anilines is 2. The van der Waals surface area contributed by atoms with Crippen LogP contribution in [0.2, 0.25) is 0 Å². The minimum Gasteiger partial charge on any atom is -0.324 e. The van der Waals surface area contributed by atoms with Gasteiger partial charge in [0, 0.05) is 48.6 Å². The number of pyridine rings is 1. The third kappa shape index (κ3) is 8.69. The van der Waals surface area contributed by atoms with E-state index in [1.165, 1.54) is 11.1 Å². The van der Waals surface area contributed by atoms with Crippen molar-refractivity contribution in [2.24, 2.45) is 0 Å². The molecular formula is C32H32N6O3S2. The molecule has 43 heavy (non-hydrogen) atoms. The topological polar surface area (TPSA) is 117 Å². The van der Waals surface area contributed by atoms with Gasteiger partial charge in [-0.25, -0.2) is 13.2 Å². The van der Waals surface area contributed by atoms with Crippen LogP contribution in [0.25, 0.3) is 10.6 Å². The number of nitrogens with one attached hydrogen (secondary N) is 2. The number of carbonyl (C=O) groups is 1. The van der Waals surface area contributed by atoms with E-state index in [2.05, 4.69) is 48.6 Å². The summed E-state index contributed by atoms with van der Waals surface area (Å²) in [5.74, 6) is 0.338. The summed E-state index contributed by atoms with van der Waals surface area (Å²) in [4.78, 5) is 24.3. The molecule has 0 bridgehead atoms. The summed E-state index contributed by atoms with van der Waals surface area (Å²) in [6.07, 6.45) is 4.20. The zero-order valence-corrected chi connectivity index (χ0v) is 25.3. The predicted octanol–water partition coefficient (Wildman–Crippen LogP) is 6.27. The van der Waals surface area contributed by atoms with Crippen molar-refractivity contribution in [2.45, 2.75) is 18.8 Å². The normalized spacial score (nSPS) is 11.3. The van der Waals surface area contributed by atoms with Crippen molar-refractivity contribution in [3.8, 4) is 10.6 Å². The van der Waals surface area contributed by atoms with Crippen LogP contribution in [-0.2, 0) is 16.4 Å². The summed E-state index contributed by atoms with van der Waals surface area (Å²) in [7, 11) is -3.37. The van der Waals surface area contributed by atoms with Crippen molar-refractivity contribution in [3.05, 3.63) is 126 Å². The van der Waals surface area contributed by atoms with Crippen LogP contribution in [0.4, 0.5) is 16.4 Å². The molecule has 0 spiro atoms. The molecule has 0 fully saturated rings. The molecule has 0 atom stereocenters. The molecule has 5 rings (SSSR count). The number of hydrogen-bond acceptors (Lipinski definition) is 7. The van der Waals surface area contributed by atoms with Crippen molar-refractivity contribution >= 4 is 39.2 Å². The molecule has 0 aliphatic rings. The highest BCUT2D eigenvalue weighted by Crippen LogP contribution is 2.29. The molecule has 0 aliphatic heterocycles. The number of urea groups is 1. The number of hydrogen-bond donors (Lipinski definition) is 2. The van der Waals surface area contributed by atoms with E-state index in [-0.39, 0.29) is 17.9 Å². The van der Waals surface area contributed by atoms with Crippen molar-refractivity contribution in [1.82, 2.24) is 19.2 Å². The van der Waals surface area contributed by atoms with Crippen LogP contribution in [0.1, 0.15) is 29.2 Å². The Balaban J connectivity index is 1.31. The zero-order valence-electron chi connectivity index (χ0n) is 23.6. The summed E-state index contributed by atoms with van der Waals surface area (Å²) >= 11 is 1.16. The molecule has 2 heterocycles. The fourth-order valence-electron chi connectivity index (χ4n) is 4.75. The average molecular weight is 613 g/mol. The molecule has 0 saturated heterocycles. The number of sulfonamides is 1. The monoisotopic (exact) mass is 612 g/mol. The van der Waals surface area contributed by atoms with Gasteiger partial charge in [0.25, 0.3) is 0 Å². The van der Waals surface area contributed by atoms with Gasteiger partial charge in [0.2, 0.25) is 16.0 Å². The van der Waals surface area contributed by atoms with Crippen molar-refractivity contribution in [2.75, 3.05) is 29.4 Å². The molecule has 2 amide bonds. The SMILES string of the molecule is CS(=O)(=O)Nc1ccc(-c2nc(NC(=O)N(CCc3ccccn3)CCC(c3ccccc3)c3ccccc3)ns2)cc1. The molecule has 2 aromatic heterocycles. The first kappa shape index (κ1) is 29.9. The molecule has 0 unspecified atom stereocenters. The molecular weight excluding hydrogens is 581 g/mol. The number of carbonyl (C=O) groups excluding carboxylic acids is 1. The fourth-order valence-corrected chi connectivity index (χ4v) is 5.95. The van der Waals surface area contributed by atoms with Gasteiger partial charge in [0.1, 0.15) is 5.01 Å². The summed E-state index contributed by atoms with van der Waals surface area (Å²) in [5.41, 5.74) is 4.52. The van der Waals surface area contributed by atoms with Crippen molar-refractivity contribution < 1.29 is 13.2 Å². The Morgan fingerprint density at radius 1 is 0.860 bits per heavy atom.